The second-order valence-electron chi connectivity index (χ2n) is 6.67. The normalized spacial score (nSPS) is 19.9. The van der Waals surface area contributed by atoms with Crippen LogP contribution in [0.4, 0.5) is 0 Å². The van der Waals surface area contributed by atoms with Gasteiger partial charge in [0, 0.05) is 12.6 Å². The average Bonchev–Trinajstić information content (AvgIpc) is 3.14. The number of ether oxygens (including phenoxy) is 1. The number of benzene rings is 1. The summed E-state index contributed by atoms with van der Waals surface area (Å²) in [5, 5.41) is 3.92. The fourth-order valence-corrected chi connectivity index (χ4v) is 3.91. The van der Waals surface area contributed by atoms with Crippen molar-refractivity contribution in [3.63, 3.8) is 0 Å². The van der Waals surface area contributed by atoms with Crippen molar-refractivity contribution >= 4 is 17.7 Å². The van der Waals surface area contributed by atoms with Gasteiger partial charge in [0.1, 0.15) is 0 Å². The van der Waals surface area contributed by atoms with Gasteiger partial charge in [-0.05, 0) is 31.2 Å². The third-order valence-electron chi connectivity index (χ3n) is 4.57. The number of imidazole rings is 1. The molecule has 0 spiro atoms. The maximum atomic E-state index is 12.0. The van der Waals surface area contributed by atoms with Gasteiger partial charge in [-0.15, -0.1) is 0 Å². The second kappa shape index (κ2) is 7.62. The number of carbonyl (C=O) groups excluding carboxylic acids is 1. The summed E-state index contributed by atoms with van der Waals surface area (Å²) in [5.41, 5.74) is 2.23. The predicted molar refractivity (Wildman–Crippen MR) is 98.5 cm³/mol. The number of rotatable bonds is 7. The summed E-state index contributed by atoms with van der Waals surface area (Å²) >= 11 is 1.51. The lowest BCUT2D eigenvalue weighted by Crippen LogP contribution is -2.27. The van der Waals surface area contributed by atoms with E-state index in [9.17, 15) is 4.79 Å². The maximum absolute atomic E-state index is 12.0. The largest absolute Gasteiger partial charge is 0.376 e. The molecular formula is C19H23N3O2S. The first-order chi connectivity index (χ1) is 12.3. The van der Waals surface area contributed by atoms with E-state index in [1.54, 1.807) is 0 Å². The Labute approximate surface area is 152 Å². The Morgan fingerprint density at radius 2 is 2.12 bits per heavy atom. The van der Waals surface area contributed by atoms with Crippen LogP contribution in [-0.2, 0) is 16.1 Å². The SMILES string of the molecule is O=C(CSc1ncc(-c2ccccc2)n1CC1CCCO1)NC1CC1. The molecule has 25 heavy (non-hydrogen) atoms. The number of thioether (sulfide) groups is 1. The molecule has 1 saturated heterocycles. The summed E-state index contributed by atoms with van der Waals surface area (Å²) < 4.78 is 8.03. The van der Waals surface area contributed by atoms with Crippen molar-refractivity contribution in [2.24, 2.45) is 0 Å². The zero-order valence-electron chi connectivity index (χ0n) is 14.2. The van der Waals surface area contributed by atoms with Gasteiger partial charge < -0.3 is 14.6 Å². The summed E-state index contributed by atoms with van der Waals surface area (Å²) in [6.45, 7) is 1.63. The molecule has 0 bridgehead atoms. The topological polar surface area (TPSA) is 56.2 Å². The van der Waals surface area contributed by atoms with Crippen LogP contribution < -0.4 is 5.32 Å². The Balaban J connectivity index is 1.52. The quantitative estimate of drug-likeness (QED) is 0.774. The van der Waals surface area contributed by atoms with E-state index < -0.39 is 0 Å². The van der Waals surface area contributed by atoms with Crippen molar-refractivity contribution in [1.82, 2.24) is 14.9 Å². The highest BCUT2D eigenvalue weighted by atomic mass is 32.2. The van der Waals surface area contributed by atoms with E-state index >= 15 is 0 Å². The molecule has 4 rings (SSSR count). The van der Waals surface area contributed by atoms with Gasteiger partial charge >= 0.3 is 0 Å². The van der Waals surface area contributed by atoms with Gasteiger partial charge in [-0.25, -0.2) is 4.98 Å². The van der Waals surface area contributed by atoms with Gasteiger partial charge in [-0.1, -0.05) is 42.1 Å². The molecule has 1 aromatic carbocycles. The molecular weight excluding hydrogens is 334 g/mol. The molecule has 1 amide bonds. The lowest BCUT2D eigenvalue weighted by Gasteiger charge is -2.16. The molecule has 1 aliphatic heterocycles. The zero-order chi connectivity index (χ0) is 17.1. The highest BCUT2D eigenvalue weighted by Crippen LogP contribution is 2.28. The molecule has 6 heteroatoms. The number of amides is 1. The number of aromatic nitrogens is 2. The van der Waals surface area contributed by atoms with Crippen molar-refractivity contribution in [1.29, 1.82) is 0 Å². The summed E-state index contributed by atoms with van der Waals surface area (Å²) in [6.07, 6.45) is 6.57. The third-order valence-corrected chi connectivity index (χ3v) is 5.56. The van der Waals surface area contributed by atoms with Crippen LogP contribution >= 0.6 is 11.8 Å². The number of nitrogens with zero attached hydrogens (tertiary/aromatic N) is 2. The van der Waals surface area contributed by atoms with Crippen molar-refractivity contribution in [2.45, 2.75) is 49.5 Å². The van der Waals surface area contributed by atoms with Crippen LogP contribution in [-0.4, -0.2) is 40.0 Å². The van der Waals surface area contributed by atoms with E-state index in [0.29, 0.717) is 11.8 Å². The highest BCUT2D eigenvalue weighted by Gasteiger charge is 2.24. The fourth-order valence-electron chi connectivity index (χ4n) is 3.11. The smallest absolute Gasteiger partial charge is 0.230 e. The van der Waals surface area contributed by atoms with Crippen LogP contribution in [0.25, 0.3) is 11.3 Å². The Morgan fingerprint density at radius 1 is 1.28 bits per heavy atom. The first-order valence-corrected chi connectivity index (χ1v) is 9.93. The van der Waals surface area contributed by atoms with E-state index in [1.165, 1.54) is 11.8 Å². The minimum atomic E-state index is 0.0976. The van der Waals surface area contributed by atoms with Gasteiger partial charge in [0.05, 0.1) is 30.3 Å². The Hall–Kier alpha value is -1.79. The molecule has 2 aliphatic rings. The van der Waals surface area contributed by atoms with Crippen molar-refractivity contribution in [2.75, 3.05) is 12.4 Å². The highest BCUT2D eigenvalue weighted by molar-refractivity contribution is 7.99. The molecule has 1 aliphatic carbocycles. The van der Waals surface area contributed by atoms with E-state index in [-0.39, 0.29) is 12.0 Å². The van der Waals surface area contributed by atoms with Crippen LogP contribution in [0.1, 0.15) is 25.7 Å². The van der Waals surface area contributed by atoms with Crippen LogP contribution in [0.2, 0.25) is 0 Å². The van der Waals surface area contributed by atoms with Crippen molar-refractivity contribution < 1.29 is 9.53 Å². The van der Waals surface area contributed by atoms with Crippen molar-refractivity contribution in [3.8, 4) is 11.3 Å². The first kappa shape index (κ1) is 16.7. The van der Waals surface area contributed by atoms with Gasteiger partial charge in [0.2, 0.25) is 5.91 Å². The molecule has 1 N–H and O–H groups in total. The number of carbonyl (C=O) groups is 1. The van der Waals surface area contributed by atoms with Crippen LogP contribution in [0.3, 0.4) is 0 Å². The minimum Gasteiger partial charge on any atom is -0.376 e. The standard InChI is InChI=1S/C19H23N3O2S/c23-18(21-15-8-9-15)13-25-19-20-11-17(14-5-2-1-3-6-14)22(19)12-16-7-4-10-24-16/h1-3,5-6,11,15-16H,4,7-10,12-13H2,(H,21,23). The monoisotopic (exact) mass is 357 g/mol. The molecule has 1 aromatic heterocycles. The molecule has 2 fully saturated rings. The number of hydrogen-bond acceptors (Lipinski definition) is 4. The van der Waals surface area contributed by atoms with Gasteiger partial charge in [0.25, 0.3) is 0 Å². The minimum absolute atomic E-state index is 0.0976. The number of nitrogens with one attached hydrogen (secondary N) is 1. The van der Waals surface area contributed by atoms with Crippen LogP contribution in [0.15, 0.2) is 41.7 Å². The molecule has 0 radical (unpaired) electrons. The predicted octanol–water partition coefficient (Wildman–Crippen LogP) is 3.10. The van der Waals surface area contributed by atoms with Crippen LogP contribution in [0.5, 0.6) is 0 Å². The molecule has 5 nitrogen and oxygen atoms in total. The van der Waals surface area contributed by atoms with Gasteiger partial charge in [-0.2, -0.15) is 0 Å². The molecule has 1 atom stereocenters. The van der Waals surface area contributed by atoms with Gasteiger partial charge in [-0.3, -0.25) is 4.79 Å². The van der Waals surface area contributed by atoms with E-state index in [4.69, 9.17) is 4.74 Å². The number of hydrogen-bond donors (Lipinski definition) is 1. The second-order valence-corrected chi connectivity index (χ2v) is 7.61. The molecule has 1 unspecified atom stereocenters. The molecule has 1 saturated carbocycles. The summed E-state index contributed by atoms with van der Waals surface area (Å²) in [6, 6.07) is 10.7. The Kier molecular flexibility index (Phi) is 5.08. The lowest BCUT2D eigenvalue weighted by molar-refractivity contribution is -0.118. The fraction of sp³-hybridized carbons (Fsp3) is 0.474. The van der Waals surface area contributed by atoms with Crippen LogP contribution in [0, 0.1) is 0 Å². The first-order valence-electron chi connectivity index (χ1n) is 8.94. The van der Waals surface area contributed by atoms with E-state index in [2.05, 4.69) is 27.0 Å². The summed E-state index contributed by atoms with van der Waals surface area (Å²) in [4.78, 5) is 16.6. The lowest BCUT2D eigenvalue weighted by atomic mass is 10.1. The molecule has 2 heterocycles. The Bertz CT molecular complexity index is 722. The van der Waals surface area contributed by atoms with E-state index in [0.717, 1.165) is 55.2 Å². The summed E-state index contributed by atoms with van der Waals surface area (Å²) in [5.74, 6) is 0.508. The van der Waals surface area contributed by atoms with E-state index in [1.807, 2.05) is 24.4 Å². The Morgan fingerprint density at radius 3 is 2.84 bits per heavy atom. The molecule has 2 aromatic rings. The average molecular weight is 357 g/mol. The third kappa shape index (κ3) is 4.25. The summed E-state index contributed by atoms with van der Waals surface area (Å²) in [7, 11) is 0. The van der Waals surface area contributed by atoms with Crippen molar-refractivity contribution in [3.05, 3.63) is 36.5 Å². The molecule has 132 valence electrons. The zero-order valence-corrected chi connectivity index (χ0v) is 15.0. The van der Waals surface area contributed by atoms with Gasteiger partial charge in [0.15, 0.2) is 5.16 Å². The maximum Gasteiger partial charge on any atom is 0.230 e.